The number of rotatable bonds is 0. The number of fused-ring (bicyclic) bond motifs is 8. The van der Waals surface area contributed by atoms with Gasteiger partial charge in [-0.3, -0.25) is 0 Å². The van der Waals surface area contributed by atoms with E-state index in [-0.39, 0.29) is 0 Å². The van der Waals surface area contributed by atoms with E-state index >= 15 is 0 Å². The molecule has 2 N–H and O–H groups in total. The van der Waals surface area contributed by atoms with Crippen LogP contribution in [0.25, 0.3) is 46.4 Å². The molecule has 0 aromatic carbocycles. The lowest BCUT2D eigenvalue weighted by molar-refractivity contribution is 1.29. The molecule has 0 unspecified atom stereocenters. The van der Waals surface area contributed by atoms with Gasteiger partial charge in [-0.05, 0) is 60.7 Å². The third kappa shape index (κ3) is 2.61. The summed E-state index contributed by atoms with van der Waals surface area (Å²) in [6.45, 7) is 0. The van der Waals surface area contributed by atoms with Gasteiger partial charge in [0.05, 0.1) is 44.9 Å². The Morgan fingerprint density at radius 1 is 0.643 bits per heavy atom. The highest BCUT2D eigenvalue weighted by atomic mass is 14.8. The maximum absolute atomic E-state index is 5.79. The molecule has 3 aromatic rings. The van der Waals surface area contributed by atoms with Gasteiger partial charge in [-0.1, -0.05) is 11.8 Å². The first-order chi connectivity index (χ1) is 13.7. The lowest BCUT2D eigenvalue weighted by Crippen LogP contribution is -1.86. The maximum Gasteiger partial charge on any atom is 0.0815 e. The van der Waals surface area contributed by atoms with Gasteiger partial charge in [-0.15, -0.1) is 12.8 Å². The summed E-state index contributed by atoms with van der Waals surface area (Å²) < 4.78 is 0. The molecule has 0 saturated heterocycles. The summed E-state index contributed by atoms with van der Waals surface area (Å²) in [5, 5.41) is 0. The van der Waals surface area contributed by atoms with E-state index in [9.17, 15) is 0 Å². The minimum Gasteiger partial charge on any atom is -0.354 e. The van der Waals surface area contributed by atoms with Crippen molar-refractivity contribution in [3.63, 3.8) is 0 Å². The minimum absolute atomic E-state index is 0.686. The topological polar surface area (TPSA) is 57.4 Å². The molecule has 8 bridgehead atoms. The second-order valence-electron chi connectivity index (χ2n) is 6.49. The normalized spacial score (nSPS) is 11.9. The van der Waals surface area contributed by atoms with Gasteiger partial charge in [0.1, 0.15) is 0 Å². The Kier molecular flexibility index (Phi) is 3.50. The lowest BCUT2D eigenvalue weighted by atomic mass is 10.2. The van der Waals surface area contributed by atoms with Crippen molar-refractivity contribution in [2.24, 2.45) is 0 Å². The van der Waals surface area contributed by atoms with Crippen LogP contribution in [-0.2, 0) is 0 Å². The molecule has 4 heteroatoms. The summed E-state index contributed by atoms with van der Waals surface area (Å²) >= 11 is 0. The summed E-state index contributed by atoms with van der Waals surface area (Å²) in [5.74, 6) is 5.50. The van der Waals surface area contributed by atoms with E-state index in [1.54, 1.807) is 0 Å². The summed E-state index contributed by atoms with van der Waals surface area (Å²) in [5.41, 5.74) is 8.01. The van der Waals surface area contributed by atoms with Crippen LogP contribution in [-0.4, -0.2) is 19.9 Å². The highest BCUT2D eigenvalue weighted by Crippen LogP contribution is 2.22. The van der Waals surface area contributed by atoms with Gasteiger partial charge in [-0.2, -0.15) is 0 Å². The number of hydrogen-bond donors (Lipinski definition) is 2. The molecule has 0 saturated carbocycles. The van der Waals surface area contributed by atoms with Crippen LogP contribution >= 0.6 is 0 Å². The number of nitrogens with one attached hydrogen (secondary N) is 2. The smallest absolute Gasteiger partial charge is 0.0815 e. The van der Waals surface area contributed by atoms with E-state index in [2.05, 4.69) is 26.8 Å². The van der Waals surface area contributed by atoms with Crippen molar-refractivity contribution in [2.45, 2.75) is 0 Å². The molecule has 28 heavy (non-hydrogen) atoms. The molecule has 4 nitrogen and oxygen atoms in total. The summed E-state index contributed by atoms with van der Waals surface area (Å²) in [6.07, 6.45) is 19.3. The van der Waals surface area contributed by atoms with Crippen LogP contribution in [0.1, 0.15) is 33.9 Å². The molecule has 0 radical (unpaired) electrons. The van der Waals surface area contributed by atoms with Gasteiger partial charge in [0.2, 0.25) is 0 Å². The fourth-order valence-electron chi connectivity index (χ4n) is 3.38. The molecule has 0 aliphatic carbocycles. The van der Waals surface area contributed by atoms with Crippen molar-refractivity contribution in [1.82, 2.24) is 19.9 Å². The van der Waals surface area contributed by atoms with Gasteiger partial charge >= 0.3 is 0 Å². The van der Waals surface area contributed by atoms with E-state index in [1.807, 2.05) is 60.7 Å². The summed E-state index contributed by atoms with van der Waals surface area (Å²) in [4.78, 5) is 16.0. The summed E-state index contributed by atoms with van der Waals surface area (Å²) in [7, 11) is 0. The van der Waals surface area contributed by atoms with Gasteiger partial charge < -0.3 is 9.97 Å². The van der Waals surface area contributed by atoms with Crippen molar-refractivity contribution >= 4 is 46.4 Å². The zero-order chi connectivity index (χ0) is 19.1. The van der Waals surface area contributed by atoms with Crippen LogP contribution in [0.4, 0.5) is 0 Å². The number of nitrogens with zero attached hydrogens (tertiary/aromatic N) is 2. The summed E-state index contributed by atoms with van der Waals surface area (Å²) in [6, 6.07) is 11.8. The predicted molar refractivity (Wildman–Crippen MR) is 115 cm³/mol. The highest BCUT2D eigenvalue weighted by molar-refractivity contribution is 5.84. The SMILES string of the molecule is C#Cc1c2nc(c(C#C)c3ccc(cc4nc(cc5ccc1[nH]5)C=C4)[nH]3)C=C2. The second kappa shape index (κ2) is 6.16. The Balaban J connectivity index is 1.96. The molecule has 5 heterocycles. The molecule has 0 fully saturated rings. The second-order valence-corrected chi connectivity index (χ2v) is 6.49. The van der Waals surface area contributed by atoms with Gasteiger partial charge in [0.25, 0.3) is 0 Å². The molecular formula is C24H14N4. The standard InChI is InChI=1S/C24H14N4/c1-3-19-21-9-7-17(26-21)13-15-5-6-16(25-15)14-18-8-10-22(27-18)20(4-2)24-12-11-23(19)28-24/h1-2,5-14,26-27H. The van der Waals surface area contributed by atoms with E-state index < -0.39 is 0 Å². The number of terminal acetylenes is 2. The van der Waals surface area contributed by atoms with Crippen LogP contribution in [0, 0.1) is 24.7 Å². The minimum atomic E-state index is 0.686. The first-order valence-corrected chi connectivity index (χ1v) is 8.77. The maximum atomic E-state index is 5.79. The Labute approximate surface area is 161 Å². The molecule has 0 amide bonds. The Bertz CT molecular complexity index is 1320. The van der Waals surface area contributed by atoms with Crippen molar-refractivity contribution in [2.75, 3.05) is 0 Å². The Hall–Kier alpha value is -4.28. The third-order valence-electron chi connectivity index (χ3n) is 4.69. The monoisotopic (exact) mass is 358 g/mol. The van der Waals surface area contributed by atoms with Crippen LogP contribution in [0.2, 0.25) is 0 Å². The highest BCUT2D eigenvalue weighted by Gasteiger charge is 2.10. The number of aromatic amines is 2. The number of H-pyrrole nitrogens is 2. The molecule has 0 spiro atoms. The first-order valence-electron chi connectivity index (χ1n) is 8.77. The first kappa shape index (κ1) is 15.9. The van der Waals surface area contributed by atoms with Crippen LogP contribution in [0.5, 0.6) is 0 Å². The fourth-order valence-corrected chi connectivity index (χ4v) is 3.38. The molecule has 2 aliphatic heterocycles. The van der Waals surface area contributed by atoms with E-state index in [4.69, 9.17) is 17.8 Å². The average molecular weight is 358 g/mol. The molecule has 2 aliphatic rings. The fraction of sp³-hybridized carbons (Fsp3) is 0. The van der Waals surface area contributed by atoms with Gasteiger partial charge in [-0.25, -0.2) is 9.97 Å². The Morgan fingerprint density at radius 3 is 1.61 bits per heavy atom. The zero-order valence-electron chi connectivity index (χ0n) is 14.8. The zero-order valence-corrected chi connectivity index (χ0v) is 14.8. The molecule has 130 valence electrons. The van der Waals surface area contributed by atoms with E-state index in [0.717, 1.165) is 33.5 Å². The van der Waals surface area contributed by atoms with Crippen LogP contribution in [0.15, 0.2) is 36.4 Å². The number of aromatic nitrogens is 4. The molecule has 0 atom stereocenters. The average Bonchev–Trinajstić information content (AvgIpc) is 3.46. The van der Waals surface area contributed by atoms with Crippen LogP contribution < -0.4 is 0 Å². The molecule has 5 rings (SSSR count). The lowest BCUT2D eigenvalue weighted by Gasteiger charge is -1.94. The predicted octanol–water partition coefficient (Wildman–Crippen LogP) is 4.62. The van der Waals surface area contributed by atoms with Crippen molar-refractivity contribution in [3.8, 4) is 24.7 Å². The quantitative estimate of drug-likeness (QED) is 0.397. The van der Waals surface area contributed by atoms with Crippen molar-refractivity contribution in [3.05, 3.63) is 70.3 Å². The van der Waals surface area contributed by atoms with E-state index in [0.29, 0.717) is 22.5 Å². The van der Waals surface area contributed by atoms with Crippen molar-refractivity contribution in [1.29, 1.82) is 0 Å². The third-order valence-corrected chi connectivity index (χ3v) is 4.69. The Morgan fingerprint density at radius 2 is 1.14 bits per heavy atom. The van der Waals surface area contributed by atoms with Crippen molar-refractivity contribution < 1.29 is 0 Å². The van der Waals surface area contributed by atoms with Crippen LogP contribution in [0.3, 0.4) is 0 Å². The number of hydrogen-bond acceptors (Lipinski definition) is 2. The molecule has 3 aromatic heterocycles. The van der Waals surface area contributed by atoms with Gasteiger partial charge in [0.15, 0.2) is 0 Å². The largest absolute Gasteiger partial charge is 0.354 e. The molecular weight excluding hydrogens is 344 g/mol. The van der Waals surface area contributed by atoms with E-state index in [1.165, 1.54) is 0 Å². The van der Waals surface area contributed by atoms with Gasteiger partial charge in [0, 0.05) is 11.0 Å².